The van der Waals surface area contributed by atoms with Gasteiger partial charge in [-0.05, 0) is 28.1 Å². The van der Waals surface area contributed by atoms with Crippen molar-refractivity contribution in [3.8, 4) is 0 Å². The Morgan fingerprint density at radius 1 is 1.23 bits per heavy atom. The number of pyridine rings is 1. The first kappa shape index (κ1) is 15.2. The fraction of sp³-hybridized carbons (Fsp3) is 0.400. The highest BCUT2D eigenvalue weighted by Gasteiger charge is 2.20. The van der Waals surface area contributed by atoms with Gasteiger partial charge in [0.2, 0.25) is 0 Å². The van der Waals surface area contributed by atoms with Crippen LogP contribution in [0.4, 0.5) is 5.69 Å². The van der Waals surface area contributed by atoms with Crippen LogP contribution in [0.2, 0.25) is 0 Å². The number of piperazine rings is 1. The van der Waals surface area contributed by atoms with Gasteiger partial charge in [0.25, 0.3) is 5.56 Å². The topological polar surface area (TPSA) is 54.3 Å². The van der Waals surface area contributed by atoms with Gasteiger partial charge in [-0.25, -0.2) is 4.68 Å². The van der Waals surface area contributed by atoms with Crippen LogP contribution in [0.1, 0.15) is 5.69 Å². The molecule has 0 bridgehead atoms. The molecular weight excluding hydrogens is 346 g/mol. The van der Waals surface area contributed by atoms with E-state index in [1.807, 2.05) is 24.4 Å². The van der Waals surface area contributed by atoms with Gasteiger partial charge in [0.1, 0.15) is 4.47 Å². The third kappa shape index (κ3) is 3.20. The standard InChI is InChI=1S/C15H18BrN5O/c1-19-15(22)14(16)13(10-18-19)21-8-6-20(7-9-21)11-12-4-2-3-5-17-12/h2-5,10H,6-9,11H2,1H3. The van der Waals surface area contributed by atoms with E-state index < -0.39 is 0 Å². The lowest BCUT2D eigenvalue weighted by Gasteiger charge is -2.36. The zero-order valence-corrected chi connectivity index (χ0v) is 14.0. The maximum Gasteiger partial charge on any atom is 0.282 e. The smallest absolute Gasteiger partial charge is 0.282 e. The molecule has 116 valence electrons. The molecule has 0 saturated carbocycles. The van der Waals surface area contributed by atoms with Crippen molar-refractivity contribution in [3.63, 3.8) is 0 Å². The van der Waals surface area contributed by atoms with E-state index in [2.05, 4.69) is 35.8 Å². The Morgan fingerprint density at radius 2 is 2.00 bits per heavy atom. The van der Waals surface area contributed by atoms with Gasteiger partial charge in [0.15, 0.2) is 0 Å². The molecule has 2 aromatic heterocycles. The fourth-order valence-electron chi connectivity index (χ4n) is 2.59. The highest BCUT2D eigenvalue weighted by molar-refractivity contribution is 9.10. The molecule has 1 aliphatic rings. The Bertz CT molecular complexity index is 695. The van der Waals surface area contributed by atoms with Gasteiger partial charge in [-0.15, -0.1) is 0 Å². The van der Waals surface area contributed by atoms with E-state index in [9.17, 15) is 4.79 Å². The summed E-state index contributed by atoms with van der Waals surface area (Å²) in [4.78, 5) is 20.9. The summed E-state index contributed by atoms with van der Waals surface area (Å²) in [6, 6.07) is 6.00. The van der Waals surface area contributed by atoms with Gasteiger partial charge in [0.05, 0.1) is 17.6 Å². The minimum atomic E-state index is -0.103. The Balaban J connectivity index is 1.65. The van der Waals surface area contributed by atoms with Crippen molar-refractivity contribution < 1.29 is 0 Å². The van der Waals surface area contributed by atoms with Crippen molar-refractivity contribution in [3.05, 3.63) is 51.1 Å². The van der Waals surface area contributed by atoms with E-state index >= 15 is 0 Å². The van der Waals surface area contributed by atoms with E-state index in [0.717, 1.165) is 44.1 Å². The number of aryl methyl sites for hydroxylation is 1. The molecule has 1 aliphatic heterocycles. The van der Waals surface area contributed by atoms with E-state index in [1.165, 1.54) is 4.68 Å². The Hall–Kier alpha value is -1.73. The molecule has 0 radical (unpaired) electrons. The number of halogens is 1. The molecule has 3 heterocycles. The van der Waals surface area contributed by atoms with Gasteiger partial charge in [-0.1, -0.05) is 6.07 Å². The molecule has 0 aromatic carbocycles. The number of rotatable bonds is 3. The summed E-state index contributed by atoms with van der Waals surface area (Å²) in [7, 11) is 1.65. The van der Waals surface area contributed by atoms with Crippen LogP contribution in [0.5, 0.6) is 0 Å². The SMILES string of the molecule is Cn1ncc(N2CCN(Cc3ccccn3)CC2)c(Br)c1=O. The number of anilines is 1. The summed E-state index contributed by atoms with van der Waals surface area (Å²) in [5, 5.41) is 4.11. The van der Waals surface area contributed by atoms with Crippen LogP contribution in [0.3, 0.4) is 0 Å². The van der Waals surface area contributed by atoms with Crippen LogP contribution in [-0.2, 0) is 13.6 Å². The third-order valence-electron chi connectivity index (χ3n) is 3.88. The van der Waals surface area contributed by atoms with E-state index in [0.29, 0.717) is 4.47 Å². The average molecular weight is 364 g/mol. The Labute approximate surface area is 137 Å². The van der Waals surface area contributed by atoms with Crippen LogP contribution < -0.4 is 10.5 Å². The van der Waals surface area contributed by atoms with Crippen molar-refractivity contribution in [2.24, 2.45) is 7.05 Å². The molecule has 0 atom stereocenters. The summed E-state index contributed by atoms with van der Waals surface area (Å²) >= 11 is 3.40. The highest BCUT2D eigenvalue weighted by atomic mass is 79.9. The second kappa shape index (κ2) is 6.58. The summed E-state index contributed by atoms with van der Waals surface area (Å²) in [6.07, 6.45) is 3.58. The van der Waals surface area contributed by atoms with Crippen LogP contribution >= 0.6 is 15.9 Å². The predicted octanol–water partition coefficient (Wildman–Crippen LogP) is 1.26. The van der Waals surface area contributed by atoms with Crippen LogP contribution in [0, 0.1) is 0 Å². The summed E-state index contributed by atoms with van der Waals surface area (Å²) in [5.41, 5.74) is 1.86. The maximum absolute atomic E-state index is 11.9. The lowest BCUT2D eigenvalue weighted by Crippen LogP contribution is -2.46. The molecule has 3 rings (SSSR count). The number of hydrogen-bond acceptors (Lipinski definition) is 5. The molecular formula is C15H18BrN5O. The lowest BCUT2D eigenvalue weighted by molar-refractivity contribution is 0.247. The molecule has 0 spiro atoms. The normalized spacial score (nSPS) is 16.0. The van der Waals surface area contributed by atoms with E-state index in [-0.39, 0.29) is 5.56 Å². The zero-order valence-electron chi connectivity index (χ0n) is 12.4. The molecule has 7 heteroatoms. The molecule has 2 aromatic rings. The summed E-state index contributed by atoms with van der Waals surface area (Å²) in [5.74, 6) is 0. The van der Waals surface area contributed by atoms with Gasteiger partial charge >= 0.3 is 0 Å². The lowest BCUT2D eigenvalue weighted by atomic mass is 10.2. The molecule has 0 N–H and O–H groups in total. The molecule has 22 heavy (non-hydrogen) atoms. The first-order valence-corrected chi connectivity index (χ1v) is 8.03. The molecule has 6 nitrogen and oxygen atoms in total. The zero-order chi connectivity index (χ0) is 15.5. The first-order valence-electron chi connectivity index (χ1n) is 7.24. The average Bonchev–Trinajstić information content (AvgIpc) is 2.55. The van der Waals surface area contributed by atoms with Gasteiger partial charge in [-0.2, -0.15) is 5.10 Å². The molecule has 0 unspecified atom stereocenters. The quantitative estimate of drug-likeness (QED) is 0.821. The highest BCUT2D eigenvalue weighted by Crippen LogP contribution is 2.22. The molecule has 0 aliphatic carbocycles. The number of hydrogen-bond donors (Lipinski definition) is 0. The summed E-state index contributed by atoms with van der Waals surface area (Å²) < 4.78 is 1.92. The Kier molecular flexibility index (Phi) is 4.54. The van der Waals surface area contributed by atoms with Crippen molar-refractivity contribution in [1.29, 1.82) is 0 Å². The fourth-order valence-corrected chi connectivity index (χ4v) is 3.20. The maximum atomic E-state index is 11.9. The summed E-state index contributed by atoms with van der Waals surface area (Å²) in [6.45, 7) is 4.50. The van der Waals surface area contributed by atoms with E-state index in [1.54, 1.807) is 13.2 Å². The van der Waals surface area contributed by atoms with Crippen LogP contribution in [-0.4, -0.2) is 45.8 Å². The largest absolute Gasteiger partial charge is 0.367 e. The van der Waals surface area contributed by atoms with Crippen molar-refractivity contribution in [1.82, 2.24) is 19.7 Å². The molecule has 1 fully saturated rings. The first-order chi connectivity index (χ1) is 10.6. The molecule has 0 amide bonds. The van der Waals surface area contributed by atoms with E-state index in [4.69, 9.17) is 0 Å². The van der Waals surface area contributed by atoms with Crippen molar-refractivity contribution >= 4 is 21.6 Å². The monoisotopic (exact) mass is 363 g/mol. The third-order valence-corrected chi connectivity index (χ3v) is 4.63. The van der Waals surface area contributed by atoms with Crippen LogP contribution in [0.15, 0.2) is 39.9 Å². The number of nitrogens with zero attached hydrogens (tertiary/aromatic N) is 5. The second-order valence-corrected chi connectivity index (χ2v) is 6.15. The molecule has 1 saturated heterocycles. The van der Waals surface area contributed by atoms with Gasteiger partial charge in [-0.3, -0.25) is 14.7 Å². The number of aromatic nitrogens is 3. The van der Waals surface area contributed by atoms with Crippen LogP contribution in [0.25, 0.3) is 0 Å². The van der Waals surface area contributed by atoms with Crippen molar-refractivity contribution in [2.45, 2.75) is 6.54 Å². The van der Waals surface area contributed by atoms with Crippen molar-refractivity contribution in [2.75, 3.05) is 31.1 Å². The minimum Gasteiger partial charge on any atom is -0.367 e. The van der Waals surface area contributed by atoms with Gasteiger partial charge in [0, 0.05) is 46.0 Å². The predicted molar refractivity (Wildman–Crippen MR) is 88.9 cm³/mol. The minimum absolute atomic E-state index is 0.103. The Morgan fingerprint density at radius 3 is 2.68 bits per heavy atom. The second-order valence-electron chi connectivity index (χ2n) is 5.36. The van der Waals surface area contributed by atoms with Gasteiger partial charge < -0.3 is 4.90 Å².